The summed E-state index contributed by atoms with van der Waals surface area (Å²) in [7, 11) is 0. The number of rotatable bonds is 1. The van der Waals surface area contributed by atoms with Crippen molar-refractivity contribution in [2.45, 2.75) is 75.0 Å². The van der Waals surface area contributed by atoms with Crippen LogP contribution in [0.4, 0.5) is 0 Å². The zero-order chi connectivity index (χ0) is 11.9. The smallest absolute Gasteiger partial charge is 0.0686 e. The molecule has 1 spiro atoms. The van der Waals surface area contributed by atoms with Gasteiger partial charge in [-0.05, 0) is 63.7 Å². The second-order valence-corrected chi connectivity index (χ2v) is 6.52. The number of aliphatic hydroxyl groups is 1. The van der Waals surface area contributed by atoms with E-state index in [2.05, 4.69) is 0 Å². The van der Waals surface area contributed by atoms with Crippen LogP contribution in [0.25, 0.3) is 0 Å². The van der Waals surface area contributed by atoms with E-state index in [4.69, 9.17) is 10.5 Å². The van der Waals surface area contributed by atoms with Crippen LogP contribution in [0.5, 0.6) is 0 Å². The molecule has 3 nitrogen and oxygen atoms in total. The molecule has 1 unspecified atom stereocenters. The molecule has 0 aromatic heterocycles. The Kier molecular flexibility index (Phi) is 2.96. The minimum Gasteiger partial charge on any atom is -0.390 e. The maximum Gasteiger partial charge on any atom is 0.0686 e. The van der Waals surface area contributed by atoms with Gasteiger partial charge in [-0.3, -0.25) is 0 Å². The van der Waals surface area contributed by atoms with Crippen LogP contribution in [-0.4, -0.2) is 29.0 Å². The minimum atomic E-state index is -0.442. The predicted molar refractivity (Wildman–Crippen MR) is 66.7 cm³/mol. The molecule has 0 aromatic carbocycles. The predicted octanol–water partition coefficient (Wildman–Crippen LogP) is 1.97. The molecule has 3 fully saturated rings. The molecule has 0 radical (unpaired) electrons. The van der Waals surface area contributed by atoms with Gasteiger partial charge >= 0.3 is 0 Å². The van der Waals surface area contributed by atoms with E-state index in [1.807, 2.05) is 0 Å². The van der Waals surface area contributed by atoms with Gasteiger partial charge in [0.05, 0.1) is 11.2 Å². The summed E-state index contributed by atoms with van der Waals surface area (Å²) in [5.74, 6) is 0.448. The molecular formula is C14H25NO2. The van der Waals surface area contributed by atoms with E-state index in [1.54, 1.807) is 0 Å². The molecule has 3 rings (SSSR count). The molecule has 3 heteroatoms. The maximum absolute atomic E-state index is 10.9. The van der Waals surface area contributed by atoms with Gasteiger partial charge in [-0.2, -0.15) is 0 Å². The number of nitrogens with two attached hydrogens (primary N) is 1. The standard InChI is InChI=1S/C14H25NO2/c15-12-2-7-14(16,8-3-12)11-4-9-17-13(10-11)5-1-6-13/h11-12,16H,1-10,15H2. The van der Waals surface area contributed by atoms with Crippen LogP contribution in [0.3, 0.4) is 0 Å². The monoisotopic (exact) mass is 239 g/mol. The first-order valence-electron chi connectivity index (χ1n) is 7.24. The molecular weight excluding hydrogens is 214 g/mol. The Morgan fingerprint density at radius 1 is 1.06 bits per heavy atom. The van der Waals surface area contributed by atoms with E-state index >= 15 is 0 Å². The highest BCUT2D eigenvalue weighted by molar-refractivity contribution is 5.01. The van der Waals surface area contributed by atoms with E-state index in [-0.39, 0.29) is 5.60 Å². The van der Waals surface area contributed by atoms with Crippen LogP contribution in [-0.2, 0) is 4.74 Å². The molecule has 98 valence electrons. The Bertz CT molecular complexity index is 280. The largest absolute Gasteiger partial charge is 0.390 e. The van der Waals surface area contributed by atoms with Crippen molar-refractivity contribution in [3.8, 4) is 0 Å². The second-order valence-electron chi connectivity index (χ2n) is 6.52. The summed E-state index contributed by atoms with van der Waals surface area (Å²) in [6.07, 6.45) is 9.60. The van der Waals surface area contributed by atoms with Crippen LogP contribution in [0, 0.1) is 5.92 Å². The van der Waals surface area contributed by atoms with Gasteiger partial charge in [0, 0.05) is 12.6 Å². The first-order valence-corrected chi connectivity index (χ1v) is 7.24. The van der Waals surface area contributed by atoms with Gasteiger partial charge in [0.1, 0.15) is 0 Å². The Labute approximate surface area is 104 Å². The Balaban J connectivity index is 1.66. The van der Waals surface area contributed by atoms with Crippen molar-refractivity contribution in [3.63, 3.8) is 0 Å². The molecule has 0 bridgehead atoms. The normalized spacial score (nSPS) is 45.5. The summed E-state index contributed by atoms with van der Waals surface area (Å²) in [5.41, 5.74) is 5.65. The highest BCUT2D eigenvalue weighted by Crippen LogP contribution is 2.49. The van der Waals surface area contributed by atoms with Crippen molar-refractivity contribution in [3.05, 3.63) is 0 Å². The first-order chi connectivity index (χ1) is 8.12. The molecule has 0 amide bonds. The van der Waals surface area contributed by atoms with Crippen molar-refractivity contribution < 1.29 is 9.84 Å². The maximum atomic E-state index is 10.9. The van der Waals surface area contributed by atoms with Crippen molar-refractivity contribution in [1.82, 2.24) is 0 Å². The highest BCUT2D eigenvalue weighted by atomic mass is 16.5. The van der Waals surface area contributed by atoms with Crippen molar-refractivity contribution >= 4 is 0 Å². The van der Waals surface area contributed by atoms with Crippen LogP contribution < -0.4 is 5.73 Å². The van der Waals surface area contributed by atoms with Gasteiger partial charge in [-0.25, -0.2) is 0 Å². The summed E-state index contributed by atoms with van der Waals surface area (Å²) in [5, 5.41) is 10.9. The minimum absolute atomic E-state index is 0.151. The summed E-state index contributed by atoms with van der Waals surface area (Å²) >= 11 is 0. The van der Waals surface area contributed by atoms with E-state index in [0.29, 0.717) is 12.0 Å². The fourth-order valence-corrected chi connectivity index (χ4v) is 3.95. The number of hydrogen-bond acceptors (Lipinski definition) is 3. The van der Waals surface area contributed by atoms with Crippen molar-refractivity contribution in [2.24, 2.45) is 11.7 Å². The molecule has 17 heavy (non-hydrogen) atoms. The molecule has 1 atom stereocenters. The second kappa shape index (κ2) is 4.22. The SMILES string of the molecule is NC1CCC(O)(C2CCOC3(CCC3)C2)CC1. The topological polar surface area (TPSA) is 55.5 Å². The summed E-state index contributed by atoms with van der Waals surface area (Å²) in [6, 6.07) is 0.313. The molecule has 3 aliphatic rings. The molecule has 2 saturated carbocycles. The summed E-state index contributed by atoms with van der Waals surface area (Å²) in [6.45, 7) is 0.846. The average molecular weight is 239 g/mol. The van der Waals surface area contributed by atoms with E-state index in [9.17, 15) is 5.11 Å². The molecule has 3 N–H and O–H groups in total. The molecule has 2 aliphatic carbocycles. The Morgan fingerprint density at radius 3 is 2.35 bits per heavy atom. The summed E-state index contributed by atoms with van der Waals surface area (Å²) < 4.78 is 5.95. The lowest BCUT2D eigenvalue weighted by molar-refractivity contribution is -0.181. The van der Waals surface area contributed by atoms with Crippen LogP contribution in [0.15, 0.2) is 0 Å². The highest BCUT2D eigenvalue weighted by Gasteiger charge is 2.49. The fourth-order valence-electron chi connectivity index (χ4n) is 3.95. The van der Waals surface area contributed by atoms with Gasteiger partial charge < -0.3 is 15.6 Å². The first kappa shape index (κ1) is 11.9. The third kappa shape index (κ3) is 2.13. The van der Waals surface area contributed by atoms with Gasteiger partial charge in [0.2, 0.25) is 0 Å². The third-order valence-electron chi connectivity index (χ3n) is 5.41. The van der Waals surface area contributed by atoms with E-state index in [0.717, 1.165) is 45.1 Å². The Morgan fingerprint density at radius 2 is 1.76 bits per heavy atom. The van der Waals surface area contributed by atoms with Crippen LogP contribution >= 0.6 is 0 Å². The number of ether oxygens (including phenoxy) is 1. The van der Waals surface area contributed by atoms with Gasteiger partial charge in [-0.15, -0.1) is 0 Å². The summed E-state index contributed by atoms with van der Waals surface area (Å²) in [4.78, 5) is 0. The van der Waals surface area contributed by atoms with Gasteiger partial charge in [0.15, 0.2) is 0 Å². The zero-order valence-electron chi connectivity index (χ0n) is 10.7. The van der Waals surface area contributed by atoms with Gasteiger partial charge in [0.25, 0.3) is 0 Å². The average Bonchev–Trinajstić information content (AvgIpc) is 2.31. The van der Waals surface area contributed by atoms with Crippen molar-refractivity contribution in [2.75, 3.05) is 6.61 Å². The zero-order valence-corrected chi connectivity index (χ0v) is 10.7. The molecule has 1 saturated heterocycles. The molecule has 1 aliphatic heterocycles. The lowest BCUT2D eigenvalue weighted by Gasteiger charge is -2.52. The number of hydrogen-bond donors (Lipinski definition) is 2. The van der Waals surface area contributed by atoms with Gasteiger partial charge in [-0.1, -0.05) is 0 Å². The van der Waals surface area contributed by atoms with Crippen molar-refractivity contribution in [1.29, 1.82) is 0 Å². The third-order valence-corrected chi connectivity index (χ3v) is 5.41. The van der Waals surface area contributed by atoms with Crippen LogP contribution in [0.2, 0.25) is 0 Å². The van der Waals surface area contributed by atoms with E-state index in [1.165, 1.54) is 19.3 Å². The molecule has 1 heterocycles. The molecule has 0 aromatic rings. The lowest BCUT2D eigenvalue weighted by Crippen LogP contribution is -2.53. The Hall–Kier alpha value is -0.120. The quantitative estimate of drug-likeness (QED) is 0.735. The lowest BCUT2D eigenvalue weighted by atomic mass is 9.64. The van der Waals surface area contributed by atoms with Crippen LogP contribution in [0.1, 0.15) is 57.8 Å². The van der Waals surface area contributed by atoms with E-state index < -0.39 is 5.60 Å². The fraction of sp³-hybridized carbons (Fsp3) is 1.00.